The smallest absolute Gasteiger partial charge is 0.315 e. The van der Waals surface area contributed by atoms with E-state index >= 15 is 0 Å². The van der Waals surface area contributed by atoms with E-state index in [0.717, 1.165) is 12.1 Å². The SMILES string of the molecule is C[C@H](CO)NC(=O)NC[C@@H](C)c1ccc(F)c(F)c1. The number of hydrogen-bond acceptors (Lipinski definition) is 2. The van der Waals surface area contributed by atoms with Crippen LogP contribution in [-0.4, -0.2) is 30.3 Å². The number of aliphatic hydroxyl groups excluding tert-OH is 1. The number of nitrogens with one attached hydrogen (secondary N) is 2. The van der Waals surface area contributed by atoms with Crippen LogP contribution in [0.2, 0.25) is 0 Å². The molecule has 0 unspecified atom stereocenters. The first-order chi connectivity index (χ1) is 8.93. The molecule has 1 aromatic rings. The van der Waals surface area contributed by atoms with Crippen molar-refractivity contribution in [1.82, 2.24) is 10.6 Å². The molecule has 19 heavy (non-hydrogen) atoms. The first-order valence-corrected chi connectivity index (χ1v) is 6.04. The summed E-state index contributed by atoms with van der Waals surface area (Å²) in [6.45, 7) is 3.60. The Labute approximate surface area is 110 Å². The lowest BCUT2D eigenvalue weighted by molar-refractivity contribution is 0.220. The monoisotopic (exact) mass is 272 g/mol. The van der Waals surface area contributed by atoms with E-state index in [1.54, 1.807) is 13.8 Å². The molecule has 0 saturated heterocycles. The third-order valence-corrected chi connectivity index (χ3v) is 2.73. The van der Waals surface area contributed by atoms with Crippen molar-refractivity contribution in [3.8, 4) is 0 Å². The summed E-state index contributed by atoms with van der Waals surface area (Å²) in [5.41, 5.74) is 0.606. The minimum absolute atomic E-state index is 0.147. The molecule has 0 fully saturated rings. The first-order valence-electron chi connectivity index (χ1n) is 6.04. The Balaban J connectivity index is 2.48. The van der Waals surface area contributed by atoms with Gasteiger partial charge in [-0.3, -0.25) is 0 Å². The summed E-state index contributed by atoms with van der Waals surface area (Å²) in [4.78, 5) is 11.4. The Kier molecular flexibility index (Phi) is 5.69. The maximum atomic E-state index is 13.1. The molecule has 4 nitrogen and oxygen atoms in total. The van der Waals surface area contributed by atoms with E-state index in [1.165, 1.54) is 6.07 Å². The van der Waals surface area contributed by atoms with Gasteiger partial charge in [0.05, 0.1) is 12.6 Å². The van der Waals surface area contributed by atoms with Crippen LogP contribution in [0.15, 0.2) is 18.2 Å². The fourth-order valence-electron chi connectivity index (χ4n) is 1.50. The summed E-state index contributed by atoms with van der Waals surface area (Å²) in [5.74, 6) is -1.94. The molecular weight excluding hydrogens is 254 g/mol. The first kappa shape index (κ1) is 15.4. The number of carbonyl (C=O) groups excluding carboxylic acids is 1. The number of halogens is 2. The lowest BCUT2D eigenvalue weighted by Crippen LogP contribution is -2.43. The molecule has 0 aromatic heterocycles. The molecule has 106 valence electrons. The number of urea groups is 1. The highest BCUT2D eigenvalue weighted by Crippen LogP contribution is 2.17. The van der Waals surface area contributed by atoms with Crippen LogP contribution in [-0.2, 0) is 0 Å². The van der Waals surface area contributed by atoms with Crippen LogP contribution in [0, 0.1) is 11.6 Å². The molecular formula is C13H18F2N2O2. The van der Waals surface area contributed by atoms with Crippen molar-refractivity contribution >= 4 is 6.03 Å². The van der Waals surface area contributed by atoms with Gasteiger partial charge in [0.2, 0.25) is 0 Å². The van der Waals surface area contributed by atoms with Crippen molar-refractivity contribution < 1.29 is 18.7 Å². The normalized spacial score (nSPS) is 13.7. The topological polar surface area (TPSA) is 61.4 Å². The number of benzene rings is 1. The van der Waals surface area contributed by atoms with Crippen molar-refractivity contribution in [1.29, 1.82) is 0 Å². The zero-order chi connectivity index (χ0) is 14.4. The van der Waals surface area contributed by atoms with Gasteiger partial charge >= 0.3 is 6.03 Å². The summed E-state index contributed by atoms with van der Waals surface area (Å²) in [7, 11) is 0. The highest BCUT2D eigenvalue weighted by molar-refractivity contribution is 5.74. The van der Waals surface area contributed by atoms with Crippen LogP contribution in [0.25, 0.3) is 0 Å². The second kappa shape index (κ2) is 7.04. The third kappa shape index (κ3) is 4.82. The Morgan fingerprint density at radius 1 is 1.32 bits per heavy atom. The highest BCUT2D eigenvalue weighted by atomic mass is 19.2. The molecule has 6 heteroatoms. The fourth-order valence-corrected chi connectivity index (χ4v) is 1.50. The standard InChI is InChI=1S/C13H18F2N2O2/c1-8(6-16-13(19)17-9(2)7-18)10-3-4-11(14)12(15)5-10/h3-5,8-9,18H,6-7H2,1-2H3,(H2,16,17,19)/t8-,9-/m1/s1. The third-order valence-electron chi connectivity index (χ3n) is 2.73. The van der Waals surface area contributed by atoms with Gasteiger partial charge in [-0.1, -0.05) is 13.0 Å². The molecule has 0 bridgehead atoms. The molecule has 0 spiro atoms. The molecule has 0 aliphatic carbocycles. The molecule has 2 amide bonds. The minimum atomic E-state index is -0.900. The van der Waals surface area contributed by atoms with E-state index < -0.39 is 17.7 Å². The van der Waals surface area contributed by atoms with Gasteiger partial charge in [-0.2, -0.15) is 0 Å². The largest absolute Gasteiger partial charge is 0.394 e. The van der Waals surface area contributed by atoms with Crippen LogP contribution in [0.4, 0.5) is 13.6 Å². The minimum Gasteiger partial charge on any atom is -0.394 e. The van der Waals surface area contributed by atoms with Crippen LogP contribution < -0.4 is 10.6 Å². The van der Waals surface area contributed by atoms with Crippen molar-refractivity contribution in [2.45, 2.75) is 25.8 Å². The van der Waals surface area contributed by atoms with Gasteiger partial charge in [0, 0.05) is 6.54 Å². The van der Waals surface area contributed by atoms with Crippen molar-refractivity contribution in [2.75, 3.05) is 13.2 Å². The molecule has 0 aliphatic heterocycles. The van der Waals surface area contributed by atoms with Crippen LogP contribution >= 0.6 is 0 Å². The zero-order valence-electron chi connectivity index (χ0n) is 10.9. The summed E-state index contributed by atoms with van der Waals surface area (Å²) in [6, 6.07) is 2.93. The quantitative estimate of drug-likeness (QED) is 0.764. The summed E-state index contributed by atoms with van der Waals surface area (Å²) in [5, 5.41) is 13.9. The lowest BCUT2D eigenvalue weighted by Gasteiger charge is -2.16. The predicted octanol–water partition coefficient (Wildman–Crippen LogP) is 1.75. The van der Waals surface area contributed by atoms with Crippen LogP contribution in [0.3, 0.4) is 0 Å². The van der Waals surface area contributed by atoms with Gasteiger partial charge in [-0.25, -0.2) is 13.6 Å². The van der Waals surface area contributed by atoms with E-state index in [1.807, 2.05) is 0 Å². The number of aliphatic hydroxyl groups is 1. The van der Waals surface area contributed by atoms with Crippen molar-refractivity contribution in [3.63, 3.8) is 0 Å². The highest BCUT2D eigenvalue weighted by Gasteiger charge is 2.11. The molecule has 0 radical (unpaired) electrons. The molecule has 0 saturated carbocycles. The molecule has 3 N–H and O–H groups in total. The van der Waals surface area contributed by atoms with E-state index in [0.29, 0.717) is 5.56 Å². The van der Waals surface area contributed by atoms with Gasteiger partial charge < -0.3 is 15.7 Å². The second-order valence-electron chi connectivity index (χ2n) is 4.51. The summed E-state index contributed by atoms with van der Waals surface area (Å²) < 4.78 is 25.8. The van der Waals surface area contributed by atoms with Crippen molar-refractivity contribution in [3.05, 3.63) is 35.4 Å². The Morgan fingerprint density at radius 2 is 2.00 bits per heavy atom. The number of carbonyl (C=O) groups is 1. The van der Waals surface area contributed by atoms with E-state index in [9.17, 15) is 13.6 Å². The van der Waals surface area contributed by atoms with Crippen LogP contribution in [0.1, 0.15) is 25.3 Å². The number of amides is 2. The molecule has 2 atom stereocenters. The molecule has 0 heterocycles. The lowest BCUT2D eigenvalue weighted by atomic mass is 10.0. The van der Waals surface area contributed by atoms with Gasteiger partial charge in [0.15, 0.2) is 11.6 Å². The van der Waals surface area contributed by atoms with E-state index in [4.69, 9.17) is 5.11 Å². The van der Waals surface area contributed by atoms with Gasteiger partial charge in [-0.05, 0) is 30.5 Å². The predicted molar refractivity (Wildman–Crippen MR) is 67.9 cm³/mol. The van der Waals surface area contributed by atoms with Gasteiger partial charge in [0.1, 0.15) is 0 Å². The van der Waals surface area contributed by atoms with Gasteiger partial charge in [-0.15, -0.1) is 0 Å². The number of rotatable bonds is 5. The average molecular weight is 272 g/mol. The Hall–Kier alpha value is -1.69. The average Bonchev–Trinajstić information content (AvgIpc) is 2.39. The maximum absolute atomic E-state index is 13.1. The molecule has 1 rings (SSSR count). The Bertz CT molecular complexity index is 441. The maximum Gasteiger partial charge on any atom is 0.315 e. The van der Waals surface area contributed by atoms with Crippen molar-refractivity contribution in [2.24, 2.45) is 0 Å². The Morgan fingerprint density at radius 3 is 2.58 bits per heavy atom. The van der Waals surface area contributed by atoms with Gasteiger partial charge in [0.25, 0.3) is 0 Å². The zero-order valence-corrected chi connectivity index (χ0v) is 10.9. The van der Waals surface area contributed by atoms with E-state index in [-0.39, 0.29) is 25.1 Å². The number of hydrogen-bond donors (Lipinski definition) is 3. The van der Waals surface area contributed by atoms with Crippen LogP contribution in [0.5, 0.6) is 0 Å². The summed E-state index contributed by atoms with van der Waals surface area (Å²) >= 11 is 0. The summed E-state index contributed by atoms with van der Waals surface area (Å²) in [6.07, 6.45) is 0. The van der Waals surface area contributed by atoms with E-state index in [2.05, 4.69) is 10.6 Å². The molecule has 1 aromatic carbocycles. The second-order valence-corrected chi connectivity index (χ2v) is 4.51. The molecule has 0 aliphatic rings. The fraction of sp³-hybridized carbons (Fsp3) is 0.462.